The average Bonchev–Trinajstić information content (AvgIpc) is 2.96. The molecule has 6 heteroatoms. The van der Waals surface area contributed by atoms with Gasteiger partial charge in [-0.2, -0.15) is 0 Å². The summed E-state index contributed by atoms with van der Waals surface area (Å²) in [6, 6.07) is 5.17. The minimum atomic E-state index is -0.287. The number of aliphatic hydroxyl groups excluding tert-OH is 1. The maximum absolute atomic E-state index is 12.0. The molecule has 2 N–H and O–H groups in total. The molecule has 0 aromatic carbocycles. The number of aliphatic hydroxyl groups is 1. The van der Waals surface area contributed by atoms with Gasteiger partial charge in [-0.3, -0.25) is 9.78 Å². The number of nitrogens with zero attached hydrogens (tertiary/aromatic N) is 2. The van der Waals surface area contributed by atoms with E-state index in [4.69, 9.17) is 9.63 Å². The quantitative estimate of drug-likeness (QED) is 0.847. The molecule has 2 aromatic rings. The van der Waals surface area contributed by atoms with E-state index in [9.17, 15) is 4.79 Å². The molecule has 0 radical (unpaired) electrons. The second-order valence-electron chi connectivity index (χ2n) is 5.63. The van der Waals surface area contributed by atoms with Crippen LogP contribution in [-0.4, -0.2) is 34.3 Å². The van der Waals surface area contributed by atoms with Crippen molar-refractivity contribution in [3.8, 4) is 11.3 Å². The zero-order chi connectivity index (χ0) is 15.3. The smallest absolute Gasteiger partial charge is 0.273 e. The van der Waals surface area contributed by atoms with Gasteiger partial charge in [0.2, 0.25) is 0 Å². The summed E-state index contributed by atoms with van der Waals surface area (Å²) < 4.78 is 5.17. The standard InChI is InChI=1S/C15H19N3O3/c1-15(2,5-8-19)10-17-14(20)12-9-13(21-18-12)11-3-6-16-7-4-11/h3-4,6-7,9,19H,5,8,10H2,1-2H3,(H,17,20). The lowest BCUT2D eigenvalue weighted by atomic mass is 9.90. The lowest BCUT2D eigenvalue weighted by molar-refractivity contribution is 0.0919. The largest absolute Gasteiger partial charge is 0.396 e. The molecule has 0 unspecified atom stereocenters. The number of amides is 1. The van der Waals surface area contributed by atoms with Crippen LogP contribution in [0.5, 0.6) is 0 Å². The normalized spacial score (nSPS) is 11.4. The first kappa shape index (κ1) is 15.2. The highest BCUT2D eigenvalue weighted by Gasteiger charge is 2.20. The topological polar surface area (TPSA) is 88.2 Å². The molecule has 0 fully saturated rings. The Labute approximate surface area is 123 Å². The minimum absolute atomic E-state index is 0.0963. The Hall–Kier alpha value is -2.21. The van der Waals surface area contributed by atoms with Gasteiger partial charge >= 0.3 is 0 Å². The van der Waals surface area contributed by atoms with Gasteiger partial charge in [0, 0.05) is 37.2 Å². The Morgan fingerprint density at radius 2 is 2.10 bits per heavy atom. The molecule has 0 spiro atoms. The van der Waals surface area contributed by atoms with Crippen LogP contribution in [0.1, 0.15) is 30.8 Å². The van der Waals surface area contributed by atoms with E-state index in [0.29, 0.717) is 18.7 Å². The highest BCUT2D eigenvalue weighted by molar-refractivity contribution is 5.93. The molecular formula is C15H19N3O3. The number of pyridine rings is 1. The third-order valence-corrected chi connectivity index (χ3v) is 3.22. The predicted molar refractivity (Wildman–Crippen MR) is 77.6 cm³/mol. The molecular weight excluding hydrogens is 270 g/mol. The SMILES string of the molecule is CC(C)(CCO)CNC(=O)c1cc(-c2ccncc2)on1. The summed E-state index contributed by atoms with van der Waals surface area (Å²) in [5.41, 5.74) is 0.890. The zero-order valence-corrected chi connectivity index (χ0v) is 12.2. The van der Waals surface area contributed by atoms with E-state index in [-0.39, 0.29) is 23.6 Å². The predicted octanol–water partition coefficient (Wildman–Crippen LogP) is 1.87. The van der Waals surface area contributed by atoms with Gasteiger partial charge in [-0.05, 0) is 24.0 Å². The first-order valence-electron chi connectivity index (χ1n) is 6.78. The Bertz CT molecular complexity index is 593. The molecule has 0 aliphatic rings. The maximum atomic E-state index is 12.0. The molecule has 1 amide bonds. The van der Waals surface area contributed by atoms with E-state index in [1.165, 1.54) is 0 Å². The molecule has 2 rings (SSSR count). The van der Waals surface area contributed by atoms with Crippen molar-refractivity contribution in [1.29, 1.82) is 0 Å². The van der Waals surface area contributed by atoms with Gasteiger partial charge < -0.3 is 14.9 Å². The van der Waals surface area contributed by atoms with Crippen molar-refractivity contribution in [2.45, 2.75) is 20.3 Å². The van der Waals surface area contributed by atoms with Gasteiger partial charge in [0.1, 0.15) is 0 Å². The fraction of sp³-hybridized carbons (Fsp3) is 0.400. The molecule has 0 bridgehead atoms. The van der Waals surface area contributed by atoms with Crippen LogP contribution in [0.3, 0.4) is 0 Å². The maximum Gasteiger partial charge on any atom is 0.273 e. The van der Waals surface area contributed by atoms with Crippen LogP contribution in [0.2, 0.25) is 0 Å². The zero-order valence-electron chi connectivity index (χ0n) is 12.2. The van der Waals surface area contributed by atoms with E-state index >= 15 is 0 Å². The first-order valence-corrected chi connectivity index (χ1v) is 6.78. The van der Waals surface area contributed by atoms with Crippen molar-refractivity contribution in [1.82, 2.24) is 15.5 Å². The lowest BCUT2D eigenvalue weighted by Crippen LogP contribution is -2.34. The number of carbonyl (C=O) groups excluding carboxylic acids is 1. The highest BCUT2D eigenvalue weighted by atomic mass is 16.5. The Morgan fingerprint density at radius 3 is 2.76 bits per heavy atom. The summed E-state index contributed by atoms with van der Waals surface area (Å²) in [7, 11) is 0. The Morgan fingerprint density at radius 1 is 1.38 bits per heavy atom. The van der Waals surface area contributed by atoms with Crippen LogP contribution in [0, 0.1) is 5.41 Å². The number of hydrogen-bond donors (Lipinski definition) is 2. The molecule has 0 saturated heterocycles. The molecule has 6 nitrogen and oxygen atoms in total. The van der Waals surface area contributed by atoms with Crippen LogP contribution in [0.15, 0.2) is 35.1 Å². The number of carbonyl (C=O) groups is 1. The first-order chi connectivity index (χ1) is 10.0. The minimum Gasteiger partial charge on any atom is -0.396 e. The van der Waals surface area contributed by atoms with Gasteiger partial charge in [-0.15, -0.1) is 0 Å². The summed E-state index contributed by atoms with van der Waals surface area (Å²) in [5.74, 6) is 0.238. The number of nitrogens with one attached hydrogen (secondary N) is 1. The third-order valence-electron chi connectivity index (χ3n) is 3.22. The summed E-state index contributed by atoms with van der Waals surface area (Å²) in [4.78, 5) is 16.0. The lowest BCUT2D eigenvalue weighted by Gasteiger charge is -2.23. The molecule has 0 aliphatic carbocycles. The Balaban J connectivity index is 2.00. The average molecular weight is 289 g/mol. The highest BCUT2D eigenvalue weighted by Crippen LogP contribution is 2.20. The van der Waals surface area contributed by atoms with Crippen LogP contribution in [0.4, 0.5) is 0 Å². The monoisotopic (exact) mass is 289 g/mol. The van der Waals surface area contributed by atoms with E-state index < -0.39 is 0 Å². The molecule has 21 heavy (non-hydrogen) atoms. The van der Waals surface area contributed by atoms with E-state index in [0.717, 1.165) is 5.56 Å². The van der Waals surface area contributed by atoms with E-state index in [1.54, 1.807) is 30.6 Å². The van der Waals surface area contributed by atoms with Gasteiger partial charge in [0.15, 0.2) is 11.5 Å². The van der Waals surface area contributed by atoms with Crippen LogP contribution in [0.25, 0.3) is 11.3 Å². The fourth-order valence-corrected chi connectivity index (χ4v) is 1.84. The number of rotatable bonds is 6. The molecule has 0 saturated carbocycles. The molecule has 0 atom stereocenters. The van der Waals surface area contributed by atoms with Gasteiger partial charge in [0.25, 0.3) is 5.91 Å². The van der Waals surface area contributed by atoms with Crippen molar-refractivity contribution >= 4 is 5.91 Å². The van der Waals surface area contributed by atoms with Gasteiger partial charge in [-0.1, -0.05) is 19.0 Å². The molecule has 2 aromatic heterocycles. The van der Waals surface area contributed by atoms with Crippen molar-refractivity contribution in [2.24, 2.45) is 5.41 Å². The van der Waals surface area contributed by atoms with Crippen LogP contribution in [-0.2, 0) is 0 Å². The van der Waals surface area contributed by atoms with Crippen molar-refractivity contribution in [2.75, 3.05) is 13.2 Å². The summed E-state index contributed by atoms with van der Waals surface area (Å²) >= 11 is 0. The Kier molecular flexibility index (Phi) is 4.70. The fourth-order valence-electron chi connectivity index (χ4n) is 1.84. The summed E-state index contributed by atoms with van der Waals surface area (Å²) in [5, 5.41) is 15.6. The van der Waals surface area contributed by atoms with Crippen LogP contribution >= 0.6 is 0 Å². The van der Waals surface area contributed by atoms with Crippen molar-refractivity contribution in [3.63, 3.8) is 0 Å². The van der Waals surface area contributed by atoms with Gasteiger partial charge in [0.05, 0.1) is 0 Å². The summed E-state index contributed by atoms with van der Waals surface area (Å²) in [6.07, 6.45) is 3.92. The van der Waals surface area contributed by atoms with E-state index in [2.05, 4.69) is 15.5 Å². The van der Waals surface area contributed by atoms with Crippen molar-refractivity contribution < 1.29 is 14.4 Å². The molecule has 112 valence electrons. The third kappa shape index (κ3) is 4.13. The van der Waals surface area contributed by atoms with Crippen LogP contribution < -0.4 is 5.32 Å². The summed E-state index contributed by atoms with van der Waals surface area (Å²) in [6.45, 7) is 4.52. The molecule has 0 aliphatic heterocycles. The second kappa shape index (κ2) is 6.49. The number of hydrogen-bond acceptors (Lipinski definition) is 5. The second-order valence-corrected chi connectivity index (χ2v) is 5.63. The van der Waals surface area contributed by atoms with Crippen molar-refractivity contribution in [3.05, 3.63) is 36.3 Å². The van der Waals surface area contributed by atoms with E-state index in [1.807, 2.05) is 13.8 Å². The molecule has 2 heterocycles. The van der Waals surface area contributed by atoms with Gasteiger partial charge in [-0.25, -0.2) is 0 Å². The number of aromatic nitrogens is 2.